The molecule has 32 heavy (non-hydrogen) atoms. The number of fused-ring (bicyclic) bond motifs is 1. The van der Waals surface area contributed by atoms with Crippen LogP contribution in [0, 0.1) is 0 Å². The number of likely N-dealkylation sites (tertiary alicyclic amines) is 1. The minimum Gasteiger partial charge on any atom is -0.485 e. The molecule has 168 valence electrons. The van der Waals surface area contributed by atoms with Crippen molar-refractivity contribution in [3.8, 4) is 5.75 Å². The molecule has 0 saturated carbocycles. The Bertz CT molecular complexity index is 1070. The Morgan fingerprint density at radius 1 is 1.12 bits per heavy atom. The largest absolute Gasteiger partial charge is 0.485 e. The number of rotatable bonds is 6. The van der Waals surface area contributed by atoms with E-state index >= 15 is 0 Å². The van der Waals surface area contributed by atoms with E-state index in [2.05, 4.69) is 24.9 Å². The third-order valence-corrected chi connectivity index (χ3v) is 6.23. The Labute approximate surface area is 186 Å². The lowest BCUT2D eigenvalue weighted by Crippen LogP contribution is -2.32. The fourth-order valence-corrected chi connectivity index (χ4v) is 4.53. The number of amides is 1. The lowest BCUT2D eigenvalue weighted by molar-refractivity contribution is 0.0727. The third kappa shape index (κ3) is 4.11. The smallest absolute Gasteiger partial charge is 0.254 e. The molecule has 9 nitrogen and oxygen atoms in total. The second kappa shape index (κ2) is 9.10. The van der Waals surface area contributed by atoms with Crippen LogP contribution in [0.3, 0.4) is 0 Å². The number of ether oxygens (including phenoxy) is 1. The molecule has 1 atom stereocenters. The van der Waals surface area contributed by atoms with Crippen LogP contribution in [-0.4, -0.2) is 42.3 Å². The monoisotopic (exact) mass is 436 g/mol. The predicted octanol–water partition coefficient (Wildman–Crippen LogP) is 3.51. The first-order valence-electron chi connectivity index (χ1n) is 11.5. The van der Waals surface area contributed by atoms with Crippen LogP contribution in [0.2, 0.25) is 0 Å². The number of aromatic nitrogens is 5. The zero-order valence-corrected chi connectivity index (χ0v) is 18.4. The van der Waals surface area contributed by atoms with Crippen LogP contribution < -0.4 is 4.74 Å². The van der Waals surface area contributed by atoms with Gasteiger partial charge in [0, 0.05) is 31.5 Å². The van der Waals surface area contributed by atoms with E-state index in [1.165, 1.54) is 6.42 Å². The van der Waals surface area contributed by atoms with Gasteiger partial charge in [0.15, 0.2) is 12.4 Å². The van der Waals surface area contributed by atoms with Crippen LogP contribution in [-0.2, 0) is 26.0 Å². The molecule has 0 spiro atoms. The molecule has 5 rings (SSSR count). The summed E-state index contributed by atoms with van der Waals surface area (Å²) in [5, 5.41) is 12.8. The van der Waals surface area contributed by atoms with E-state index in [0.717, 1.165) is 56.8 Å². The van der Waals surface area contributed by atoms with Gasteiger partial charge < -0.3 is 18.7 Å². The first kappa shape index (κ1) is 20.7. The van der Waals surface area contributed by atoms with Gasteiger partial charge >= 0.3 is 0 Å². The van der Waals surface area contributed by atoms with Crippen molar-refractivity contribution >= 4 is 5.91 Å². The standard InChI is InChI=1S/C23H28N6O3/c1-2-21-24-19(27-32-21)15-31-17-11-9-16(10-12-17)23(30)28-14-6-7-18(28)22-26-25-20-8-4-3-5-13-29(20)22/h9-12,18H,2-8,13-15H2,1H3. The average Bonchev–Trinajstić information content (AvgIpc) is 3.54. The molecule has 0 bridgehead atoms. The maximum atomic E-state index is 13.3. The Kier molecular flexibility index (Phi) is 5.87. The Hall–Kier alpha value is -3.23. The molecule has 1 fully saturated rings. The van der Waals surface area contributed by atoms with E-state index in [1.807, 2.05) is 36.1 Å². The molecule has 2 aliphatic rings. The van der Waals surface area contributed by atoms with Crippen molar-refractivity contribution in [2.75, 3.05) is 6.54 Å². The summed E-state index contributed by atoms with van der Waals surface area (Å²) in [5.74, 6) is 3.79. The van der Waals surface area contributed by atoms with Crippen molar-refractivity contribution < 1.29 is 14.1 Å². The van der Waals surface area contributed by atoms with E-state index in [-0.39, 0.29) is 18.6 Å². The molecule has 4 heterocycles. The summed E-state index contributed by atoms with van der Waals surface area (Å²) in [7, 11) is 0. The molecule has 0 radical (unpaired) electrons. The maximum Gasteiger partial charge on any atom is 0.254 e. The number of benzene rings is 1. The number of carbonyl (C=O) groups is 1. The normalized spacial score (nSPS) is 18.4. The summed E-state index contributed by atoms with van der Waals surface area (Å²) in [6, 6.07) is 7.23. The molecule has 1 amide bonds. The number of carbonyl (C=O) groups excluding carboxylic acids is 1. The van der Waals surface area contributed by atoms with Gasteiger partial charge in [-0.2, -0.15) is 4.98 Å². The zero-order chi connectivity index (χ0) is 21.9. The summed E-state index contributed by atoms with van der Waals surface area (Å²) in [4.78, 5) is 19.5. The van der Waals surface area contributed by atoms with Gasteiger partial charge in [-0.05, 0) is 49.9 Å². The minimum atomic E-state index is -0.0104. The lowest BCUT2D eigenvalue weighted by Gasteiger charge is -2.25. The molecule has 1 saturated heterocycles. The highest BCUT2D eigenvalue weighted by molar-refractivity contribution is 5.94. The van der Waals surface area contributed by atoms with Crippen molar-refractivity contribution in [3.05, 3.63) is 53.2 Å². The van der Waals surface area contributed by atoms with Crippen LogP contribution in [0.5, 0.6) is 5.75 Å². The average molecular weight is 437 g/mol. The van der Waals surface area contributed by atoms with Crippen LogP contribution in [0.1, 0.15) is 78.8 Å². The molecule has 9 heteroatoms. The van der Waals surface area contributed by atoms with Gasteiger partial charge in [-0.1, -0.05) is 18.5 Å². The quantitative estimate of drug-likeness (QED) is 0.583. The topological polar surface area (TPSA) is 99.2 Å². The Morgan fingerprint density at radius 2 is 2.00 bits per heavy atom. The maximum absolute atomic E-state index is 13.3. The molecule has 1 aromatic carbocycles. The molecule has 3 aromatic rings. The second-order valence-corrected chi connectivity index (χ2v) is 8.36. The van der Waals surface area contributed by atoms with E-state index in [1.54, 1.807) is 0 Å². The van der Waals surface area contributed by atoms with Crippen molar-refractivity contribution in [1.82, 2.24) is 29.8 Å². The van der Waals surface area contributed by atoms with Crippen molar-refractivity contribution in [2.45, 2.75) is 71.1 Å². The molecular formula is C23H28N6O3. The second-order valence-electron chi connectivity index (χ2n) is 8.36. The Morgan fingerprint density at radius 3 is 2.81 bits per heavy atom. The fourth-order valence-electron chi connectivity index (χ4n) is 4.53. The summed E-state index contributed by atoms with van der Waals surface area (Å²) < 4.78 is 13.1. The molecular weight excluding hydrogens is 408 g/mol. The zero-order valence-electron chi connectivity index (χ0n) is 18.4. The first-order chi connectivity index (χ1) is 15.7. The van der Waals surface area contributed by atoms with Gasteiger partial charge in [0.1, 0.15) is 11.6 Å². The molecule has 2 aliphatic heterocycles. The highest BCUT2D eigenvalue weighted by atomic mass is 16.5. The van der Waals surface area contributed by atoms with E-state index in [0.29, 0.717) is 29.4 Å². The van der Waals surface area contributed by atoms with E-state index in [4.69, 9.17) is 9.26 Å². The number of hydrogen-bond donors (Lipinski definition) is 0. The minimum absolute atomic E-state index is 0.0104. The summed E-state index contributed by atoms with van der Waals surface area (Å²) in [6.07, 6.45) is 7.09. The van der Waals surface area contributed by atoms with Crippen molar-refractivity contribution in [1.29, 1.82) is 0 Å². The number of nitrogens with zero attached hydrogens (tertiary/aromatic N) is 6. The van der Waals surface area contributed by atoms with Crippen LogP contribution in [0.25, 0.3) is 0 Å². The van der Waals surface area contributed by atoms with Crippen LogP contribution in [0.4, 0.5) is 0 Å². The Balaban J connectivity index is 1.27. The number of hydrogen-bond acceptors (Lipinski definition) is 7. The fraction of sp³-hybridized carbons (Fsp3) is 0.522. The van der Waals surface area contributed by atoms with Gasteiger partial charge in [0.05, 0.1) is 6.04 Å². The summed E-state index contributed by atoms with van der Waals surface area (Å²) in [5.41, 5.74) is 0.646. The van der Waals surface area contributed by atoms with E-state index < -0.39 is 0 Å². The first-order valence-corrected chi connectivity index (χ1v) is 11.5. The van der Waals surface area contributed by atoms with Gasteiger partial charge in [-0.25, -0.2) is 0 Å². The van der Waals surface area contributed by atoms with Crippen LogP contribution >= 0.6 is 0 Å². The summed E-state index contributed by atoms with van der Waals surface area (Å²) >= 11 is 0. The van der Waals surface area contributed by atoms with Crippen molar-refractivity contribution in [2.24, 2.45) is 0 Å². The highest BCUT2D eigenvalue weighted by Gasteiger charge is 2.34. The number of aryl methyl sites for hydroxylation is 2. The van der Waals surface area contributed by atoms with E-state index in [9.17, 15) is 4.79 Å². The van der Waals surface area contributed by atoms with Crippen molar-refractivity contribution in [3.63, 3.8) is 0 Å². The van der Waals surface area contributed by atoms with Gasteiger partial charge in [-0.15, -0.1) is 10.2 Å². The molecule has 2 aromatic heterocycles. The van der Waals surface area contributed by atoms with Gasteiger partial charge in [0.25, 0.3) is 5.91 Å². The third-order valence-electron chi connectivity index (χ3n) is 6.23. The molecule has 0 N–H and O–H groups in total. The SMILES string of the molecule is CCc1nc(COc2ccc(C(=O)N3CCCC3c3nnc4n3CCCCC4)cc2)no1. The van der Waals surface area contributed by atoms with Crippen LogP contribution in [0.15, 0.2) is 28.8 Å². The van der Waals surface area contributed by atoms with Gasteiger partial charge in [-0.3, -0.25) is 4.79 Å². The molecule has 0 aliphatic carbocycles. The highest BCUT2D eigenvalue weighted by Crippen LogP contribution is 2.33. The lowest BCUT2D eigenvalue weighted by atomic mass is 10.1. The molecule has 1 unspecified atom stereocenters. The summed E-state index contributed by atoms with van der Waals surface area (Å²) in [6.45, 7) is 3.87. The predicted molar refractivity (Wildman–Crippen MR) is 115 cm³/mol. The van der Waals surface area contributed by atoms with Gasteiger partial charge in [0.2, 0.25) is 11.7 Å².